The third-order valence-electron chi connectivity index (χ3n) is 2.10. The van der Waals surface area contributed by atoms with Crippen molar-refractivity contribution >= 4 is 17.6 Å². The van der Waals surface area contributed by atoms with E-state index in [0.29, 0.717) is 0 Å². The summed E-state index contributed by atoms with van der Waals surface area (Å²) in [7, 11) is 0. The molecule has 0 aliphatic heterocycles. The van der Waals surface area contributed by atoms with Gasteiger partial charge in [0.15, 0.2) is 0 Å². The average Bonchev–Trinajstić information content (AvgIpc) is 2.74. The lowest BCUT2D eigenvalue weighted by molar-refractivity contribution is -0.108. The number of thiophene rings is 1. The third-order valence-corrected chi connectivity index (χ3v) is 2.81. The zero-order valence-corrected chi connectivity index (χ0v) is 8.28. The molecule has 0 fully saturated rings. The molecule has 3 heteroatoms. The Morgan fingerprint density at radius 3 is 2.57 bits per heavy atom. The van der Waals surface area contributed by atoms with E-state index in [1.807, 2.05) is 29.0 Å². The number of rotatable bonds is 3. The quantitative estimate of drug-likeness (QED) is 0.717. The van der Waals surface area contributed by atoms with E-state index in [2.05, 4.69) is 4.98 Å². The number of pyridine rings is 1. The Morgan fingerprint density at radius 1 is 1.21 bits per heavy atom. The predicted octanol–water partition coefficient (Wildman–Crippen LogP) is 2.47. The van der Waals surface area contributed by atoms with Crippen LogP contribution < -0.4 is 0 Å². The summed E-state index contributed by atoms with van der Waals surface area (Å²) in [5.74, 6) is -0.149. The van der Waals surface area contributed by atoms with Crippen LogP contribution in [0.5, 0.6) is 0 Å². The molecule has 0 radical (unpaired) electrons. The van der Waals surface area contributed by atoms with Gasteiger partial charge in [-0.2, -0.15) is 11.3 Å². The van der Waals surface area contributed by atoms with E-state index < -0.39 is 0 Å². The highest BCUT2D eigenvalue weighted by atomic mass is 32.1. The standard InChI is InChI=1S/C11H9NOS/c13-7-11(10-3-6-14-8-10)9-1-4-12-5-2-9/h1-8,11H. The molecule has 14 heavy (non-hydrogen) atoms. The molecule has 0 aliphatic rings. The van der Waals surface area contributed by atoms with E-state index in [1.165, 1.54) is 0 Å². The number of aromatic nitrogens is 1. The minimum absolute atomic E-state index is 0.149. The zero-order chi connectivity index (χ0) is 9.80. The smallest absolute Gasteiger partial charge is 0.131 e. The molecule has 0 saturated heterocycles. The first-order valence-electron chi connectivity index (χ1n) is 4.29. The fourth-order valence-electron chi connectivity index (χ4n) is 1.37. The molecule has 0 amide bonds. The van der Waals surface area contributed by atoms with Gasteiger partial charge in [-0.15, -0.1) is 0 Å². The molecule has 0 bridgehead atoms. The summed E-state index contributed by atoms with van der Waals surface area (Å²) in [6, 6.07) is 5.72. The minimum atomic E-state index is -0.149. The summed E-state index contributed by atoms with van der Waals surface area (Å²) < 4.78 is 0. The van der Waals surface area contributed by atoms with Gasteiger partial charge in [-0.05, 0) is 40.1 Å². The van der Waals surface area contributed by atoms with Crippen molar-refractivity contribution in [2.45, 2.75) is 5.92 Å². The largest absolute Gasteiger partial charge is 0.302 e. The second kappa shape index (κ2) is 4.15. The van der Waals surface area contributed by atoms with E-state index in [4.69, 9.17) is 0 Å². The van der Waals surface area contributed by atoms with E-state index in [-0.39, 0.29) is 5.92 Å². The van der Waals surface area contributed by atoms with Crippen LogP contribution in [0.15, 0.2) is 41.4 Å². The maximum absolute atomic E-state index is 11.0. The molecule has 1 unspecified atom stereocenters. The molecule has 1 atom stereocenters. The van der Waals surface area contributed by atoms with Crippen molar-refractivity contribution in [2.24, 2.45) is 0 Å². The van der Waals surface area contributed by atoms with Crippen molar-refractivity contribution < 1.29 is 4.79 Å². The van der Waals surface area contributed by atoms with Crippen LogP contribution in [0.1, 0.15) is 17.0 Å². The van der Waals surface area contributed by atoms with Crippen LogP contribution in [0.2, 0.25) is 0 Å². The first kappa shape index (κ1) is 9.09. The van der Waals surface area contributed by atoms with E-state index in [9.17, 15) is 4.79 Å². The summed E-state index contributed by atoms with van der Waals surface area (Å²) in [4.78, 5) is 14.9. The predicted molar refractivity (Wildman–Crippen MR) is 56.5 cm³/mol. The highest BCUT2D eigenvalue weighted by Gasteiger charge is 2.12. The lowest BCUT2D eigenvalue weighted by Gasteiger charge is -2.07. The molecule has 70 valence electrons. The van der Waals surface area contributed by atoms with Crippen molar-refractivity contribution in [3.8, 4) is 0 Å². The molecule has 0 spiro atoms. The number of hydrogen-bond acceptors (Lipinski definition) is 3. The maximum atomic E-state index is 11.0. The Balaban J connectivity index is 2.36. The van der Waals surface area contributed by atoms with Gasteiger partial charge in [0.1, 0.15) is 6.29 Å². The van der Waals surface area contributed by atoms with Gasteiger partial charge in [-0.25, -0.2) is 0 Å². The Labute approximate surface area is 86.2 Å². The van der Waals surface area contributed by atoms with Crippen LogP contribution in [0.25, 0.3) is 0 Å². The molecular weight excluding hydrogens is 194 g/mol. The number of aldehydes is 1. The minimum Gasteiger partial charge on any atom is -0.302 e. The first-order chi connectivity index (χ1) is 6.92. The van der Waals surface area contributed by atoms with Crippen LogP contribution >= 0.6 is 11.3 Å². The van der Waals surface area contributed by atoms with E-state index >= 15 is 0 Å². The SMILES string of the molecule is O=CC(c1ccncc1)c1ccsc1. The summed E-state index contributed by atoms with van der Waals surface area (Å²) >= 11 is 1.60. The normalized spacial score (nSPS) is 12.3. The van der Waals surface area contributed by atoms with Gasteiger partial charge in [0.05, 0.1) is 5.92 Å². The van der Waals surface area contributed by atoms with Crippen molar-refractivity contribution in [1.29, 1.82) is 0 Å². The van der Waals surface area contributed by atoms with Gasteiger partial charge in [0.25, 0.3) is 0 Å². The maximum Gasteiger partial charge on any atom is 0.131 e. The second-order valence-corrected chi connectivity index (χ2v) is 3.73. The summed E-state index contributed by atoms with van der Waals surface area (Å²) in [6.45, 7) is 0. The van der Waals surface area contributed by atoms with E-state index in [1.54, 1.807) is 23.7 Å². The topological polar surface area (TPSA) is 30.0 Å². The van der Waals surface area contributed by atoms with Crippen LogP contribution in [-0.2, 0) is 4.79 Å². The Bertz CT molecular complexity index is 396. The number of nitrogens with zero attached hydrogens (tertiary/aromatic N) is 1. The molecule has 2 heterocycles. The molecule has 2 aromatic rings. The van der Waals surface area contributed by atoms with Crippen LogP contribution in [0, 0.1) is 0 Å². The monoisotopic (exact) mass is 203 g/mol. The molecule has 2 rings (SSSR count). The van der Waals surface area contributed by atoms with Gasteiger partial charge < -0.3 is 4.79 Å². The van der Waals surface area contributed by atoms with Crippen LogP contribution in [0.3, 0.4) is 0 Å². The number of hydrogen-bond donors (Lipinski definition) is 0. The average molecular weight is 203 g/mol. The van der Waals surface area contributed by atoms with E-state index in [0.717, 1.165) is 17.4 Å². The molecule has 0 aromatic carbocycles. The molecular formula is C11H9NOS. The van der Waals surface area contributed by atoms with Crippen LogP contribution in [-0.4, -0.2) is 11.3 Å². The lowest BCUT2D eigenvalue weighted by atomic mass is 9.96. The van der Waals surface area contributed by atoms with Gasteiger partial charge in [-0.1, -0.05) is 0 Å². The molecule has 2 aromatic heterocycles. The zero-order valence-electron chi connectivity index (χ0n) is 7.46. The molecule has 2 nitrogen and oxygen atoms in total. The Hall–Kier alpha value is -1.48. The fraction of sp³-hybridized carbons (Fsp3) is 0.0909. The Morgan fingerprint density at radius 2 is 2.00 bits per heavy atom. The van der Waals surface area contributed by atoms with Crippen molar-refractivity contribution in [1.82, 2.24) is 4.98 Å². The highest BCUT2D eigenvalue weighted by molar-refractivity contribution is 7.08. The van der Waals surface area contributed by atoms with Crippen LogP contribution in [0.4, 0.5) is 0 Å². The highest BCUT2D eigenvalue weighted by Crippen LogP contribution is 2.23. The van der Waals surface area contributed by atoms with Gasteiger partial charge in [0, 0.05) is 12.4 Å². The second-order valence-electron chi connectivity index (χ2n) is 2.95. The third kappa shape index (κ3) is 1.72. The van der Waals surface area contributed by atoms with Crippen molar-refractivity contribution in [3.63, 3.8) is 0 Å². The molecule has 0 N–H and O–H groups in total. The van der Waals surface area contributed by atoms with Gasteiger partial charge in [0.2, 0.25) is 0 Å². The number of carbonyl (C=O) groups excluding carboxylic acids is 1. The number of carbonyl (C=O) groups is 1. The van der Waals surface area contributed by atoms with Crippen molar-refractivity contribution in [3.05, 3.63) is 52.5 Å². The summed E-state index contributed by atoms with van der Waals surface area (Å²) in [6.07, 6.45) is 4.38. The Kier molecular flexibility index (Phi) is 2.70. The van der Waals surface area contributed by atoms with Crippen molar-refractivity contribution in [2.75, 3.05) is 0 Å². The fourth-order valence-corrected chi connectivity index (χ4v) is 2.07. The van der Waals surface area contributed by atoms with Gasteiger partial charge in [-0.3, -0.25) is 4.98 Å². The lowest BCUT2D eigenvalue weighted by Crippen LogP contribution is -2.00. The first-order valence-corrected chi connectivity index (χ1v) is 5.23. The molecule has 0 aliphatic carbocycles. The molecule has 0 saturated carbocycles. The summed E-state index contributed by atoms with van der Waals surface area (Å²) in [5.41, 5.74) is 2.05. The summed E-state index contributed by atoms with van der Waals surface area (Å²) in [5, 5.41) is 3.98. The van der Waals surface area contributed by atoms with Gasteiger partial charge >= 0.3 is 0 Å².